The van der Waals surface area contributed by atoms with Crippen LogP contribution in [0.4, 0.5) is 0 Å². The Morgan fingerprint density at radius 1 is 1.13 bits per heavy atom. The van der Waals surface area contributed by atoms with Gasteiger partial charge in [-0.2, -0.15) is 0 Å². The lowest BCUT2D eigenvalue weighted by Crippen LogP contribution is -2.24. The van der Waals surface area contributed by atoms with Crippen LogP contribution in [0.3, 0.4) is 0 Å². The lowest BCUT2D eigenvalue weighted by atomic mass is 9.85. The first kappa shape index (κ1) is 12.3. The molecule has 2 unspecified atom stereocenters. The Bertz CT molecular complexity index is 266. The molecule has 0 radical (unpaired) electrons. The van der Waals surface area contributed by atoms with Gasteiger partial charge >= 0.3 is 0 Å². The minimum Gasteiger partial charge on any atom is -0.309 e. The van der Waals surface area contributed by atoms with E-state index in [9.17, 15) is 0 Å². The fraction of sp³-hybridized carbons (Fsp3) is 0.571. The zero-order chi connectivity index (χ0) is 11.3. The fourth-order valence-corrected chi connectivity index (χ4v) is 1.99. The summed E-state index contributed by atoms with van der Waals surface area (Å²) in [6.45, 7) is 5.76. The fourth-order valence-electron chi connectivity index (χ4n) is 1.99. The summed E-state index contributed by atoms with van der Waals surface area (Å²) in [5.41, 5.74) is 1.47. The first-order chi connectivity index (χ1) is 7.15. The third-order valence-electron chi connectivity index (χ3n) is 3.12. The van der Waals surface area contributed by atoms with Gasteiger partial charge in [-0.15, -0.1) is 0 Å². The van der Waals surface area contributed by atoms with Gasteiger partial charge in [-0.05, 0) is 31.5 Å². The van der Waals surface area contributed by atoms with E-state index in [4.69, 9.17) is 0 Å². The summed E-state index contributed by atoms with van der Waals surface area (Å²) in [5.74, 6) is 1.40. The molecule has 0 fully saturated rings. The molecular formula is C14H23N. The zero-order valence-electron chi connectivity index (χ0n) is 10.4. The maximum Gasteiger partial charge on any atom is 0.00467 e. The monoisotopic (exact) mass is 205 g/mol. The Balaban J connectivity index is 2.81. The second-order valence-corrected chi connectivity index (χ2v) is 4.66. The Labute approximate surface area is 94.1 Å². The van der Waals surface area contributed by atoms with Gasteiger partial charge in [0.1, 0.15) is 0 Å². The highest BCUT2D eigenvalue weighted by Gasteiger charge is 2.18. The molecule has 0 saturated heterocycles. The molecule has 0 saturated carbocycles. The molecule has 1 aromatic carbocycles. The molecule has 15 heavy (non-hydrogen) atoms. The lowest BCUT2D eigenvalue weighted by molar-refractivity contribution is 0.315. The molecule has 0 aliphatic carbocycles. The van der Waals surface area contributed by atoms with Crippen molar-refractivity contribution in [2.24, 2.45) is 5.92 Å². The maximum atomic E-state index is 2.35. The summed E-state index contributed by atoms with van der Waals surface area (Å²) in [6.07, 6.45) is 1.24. The highest BCUT2D eigenvalue weighted by molar-refractivity contribution is 5.20. The van der Waals surface area contributed by atoms with Gasteiger partial charge in [-0.3, -0.25) is 0 Å². The summed E-state index contributed by atoms with van der Waals surface area (Å²) in [7, 11) is 4.30. The number of nitrogens with zero attached hydrogens (tertiary/aromatic N) is 1. The first-order valence-corrected chi connectivity index (χ1v) is 5.84. The highest BCUT2D eigenvalue weighted by Crippen LogP contribution is 2.27. The van der Waals surface area contributed by atoms with Crippen molar-refractivity contribution in [1.29, 1.82) is 0 Å². The van der Waals surface area contributed by atoms with Crippen molar-refractivity contribution >= 4 is 0 Å². The quantitative estimate of drug-likeness (QED) is 0.712. The van der Waals surface area contributed by atoms with Crippen LogP contribution in [0.15, 0.2) is 30.3 Å². The van der Waals surface area contributed by atoms with Crippen LogP contribution in [-0.2, 0) is 0 Å². The summed E-state index contributed by atoms with van der Waals surface area (Å²) in [6, 6.07) is 10.9. The van der Waals surface area contributed by atoms with Crippen molar-refractivity contribution < 1.29 is 0 Å². The van der Waals surface area contributed by atoms with Gasteiger partial charge in [-0.25, -0.2) is 0 Å². The molecule has 0 aliphatic heterocycles. The Hall–Kier alpha value is -0.820. The molecule has 0 spiro atoms. The normalized spacial score (nSPS) is 15.3. The van der Waals surface area contributed by atoms with Gasteiger partial charge in [-0.1, -0.05) is 50.6 Å². The van der Waals surface area contributed by atoms with Crippen LogP contribution in [0, 0.1) is 5.92 Å². The molecule has 0 N–H and O–H groups in total. The molecule has 0 amide bonds. The molecular weight excluding hydrogens is 182 g/mol. The van der Waals surface area contributed by atoms with Gasteiger partial charge in [0.2, 0.25) is 0 Å². The van der Waals surface area contributed by atoms with Crippen molar-refractivity contribution in [3.05, 3.63) is 35.9 Å². The number of rotatable bonds is 5. The predicted molar refractivity (Wildman–Crippen MR) is 67.2 cm³/mol. The number of hydrogen-bond donors (Lipinski definition) is 0. The Kier molecular flexibility index (Phi) is 4.83. The van der Waals surface area contributed by atoms with E-state index in [1.165, 1.54) is 12.0 Å². The van der Waals surface area contributed by atoms with E-state index in [1.54, 1.807) is 0 Å². The topological polar surface area (TPSA) is 3.24 Å². The Morgan fingerprint density at radius 3 is 2.20 bits per heavy atom. The Morgan fingerprint density at radius 2 is 1.73 bits per heavy atom. The van der Waals surface area contributed by atoms with Crippen molar-refractivity contribution in [2.75, 3.05) is 20.6 Å². The van der Waals surface area contributed by atoms with Gasteiger partial charge < -0.3 is 4.90 Å². The standard InChI is InChI=1S/C14H23N/c1-5-12(2)14(11-15(3)4)13-9-7-6-8-10-13/h6-10,12,14H,5,11H2,1-4H3. The van der Waals surface area contributed by atoms with E-state index >= 15 is 0 Å². The van der Waals surface area contributed by atoms with Crippen LogP contribution in [0.25, 0.3) is 0 Å². The van der Waals surface area contributed by atoms with E-state index in [0.29, 0.717) is 5.92 Å². The molecule has 1 aromatic rings. The summed E-state index contributed by atoms with van der Waals surface area (Å²) in [4.78, 5) is 2.28. The van der Waals surface area contributed by atoms with E-state index in [1.807, 2.05) is 0 Å². The van der Waals surface area contributed by atoms with Crippen LogP contribution >= 0.6 is 0 Å². The van der Waals surface area contributed by atoms with Gasteiger partial charge in [0.15, 0.2) is 0 Å². The zero-order valence-corrected chi connectivity index (χ0v) is 10.4. The molecule has 1 rings (SSSR count). The van der Waals surface area contributed by atoms with Crippen LogP contribution in [0.2, 0.25) is 0 Å². The van der Waals surface area contributed by atoms with E-state index < -0.39 is 0 Å². The van der Waals surface area contributed by atoms with Crippen LogP contribution in [0.1, 0.15) is 31.7 Å². The van der Waals surface area contributed by atoms with Gasteiger partial charge in [0.25, 0.3) is 0 Å². The molecule has 0 aromatic heterocycles. The van der Waals surface area contributed by atoms with E-state index in [-0.39, 0.29) is 0 Å². The first-order valence-electron chi connectivity index (χ1n) is 5.84. The van der Waals surface area contributed by atoms with Crippen LogP contribution in [-0.4, -0.2) is 25.5 Å². The number of benzene rings is 1. The van der Waals surface area contributed by atoms with Gasteiger partial charge in [0.05, 0.1) is 0 Å². The summed E-state index contributed by atoms with van der Waals surface area (Å²) >= 11 is 0. The minimum absolute atomic E-state index is 0.659. The summed E-state index contributed by atoms with van der Waals surface area (Å²) < 4.78 is 0. The second-order valence-electron chi connectivity index (χ2n) is 4.66. The SMILES string of the molecule is CCC(C)C(CN(C)C)c1ccccc1. The third kappa shape index (κ3) is 3.67. The lowest BCUT2D eigenvalue weighted by Gasteiger charge is -2.26. The van der Waals surface area contributed by atoms with Crippen molar-refractivity contribution in [3.8, 4) is 0 Å². The number of hydrogen-bond acceptors (Lipinski definition) is 1. The molecule has 2 atom stereocenters. The van der Waals surface area contributed by atoms with Crippen molar-refractivity contribution in [2.45, 2.75) is 26.2 Å². The third-order valence-corrected chi connectivity index (χ3v) is 3.12. The van der Waals surface area contributed by atoms with Crippen molar-refractivity contribution in [3.63, 3.8) is 0 Å². The second kappa shape index (κ2) is 5.92. The number of likely N-dealkylation sites (N-methyl/N-ethyl adjacent to an activating group) is 1. The molecule has 1 heteroatoms. The van der Waals surface area contributed by atoms with Crippen molar-refractivity contribution in [1.82, 2.24) is 4.90 Å². The average molecular weight is 205 g/mol. The summed E-state index contributed by atoms with van der Waals surface area (Å²) in [5, 5.41) is 0. The van der Waals surface area contributed by atoms with Crippen LogP contribution < -0.4 is 0 Å². The highest BCUT2D eigenvalue weighted by atomic mass is 15.1. The largest absolute Gasteiger partial charge is 0.309 e. The molecule has 0 aliphatic rings. The predicted octanol–water partition coefficient (Wildman–Crippen LogP) is 3.38. The van der Waals surface area contributed by atoms with Crippen LogP contribution in [0.5, 0.6) is 0 Å². The van der Waals surface area contributed by atoms with E-state index in [2.05, 4.69) is 63.2 Å². The molecule has 84 valence electrons. The van der Waals surface area contributed by atoms with E-state index in [0.717, 1.165) is 12.5 Å². The average Bonchev–Trinajstić information content (AvgIpc) is 2.26. The molecule has 0 bridgehead atoms. The smallest absolute Gasteiger partial charge is 0.00467 e. The maximum absolute atomic E-state index is 2.35. The van der Waals surface area contributed by atoms with Gasteiger partial charge in [0, 0.05) is 6.54 Å². The minimum atomic E-state index is 0.659. The molecule has 1 nitrogen and oxygen atoms in total. The molecule has 0 heterocycles.